The maximum absolute atomic E-state index is 12.7. The van der Waals surface area contributed by atoms with Crippen molar-refractivity contribution in [3.05, 3.63) is 59.4 Å². The van der Waals surface area contributed by atoms with Crippen LogP contribution in [0.3, 0.4) is 0 Å². The zero-order valence-electron chi connectivity index (χ0n) is 20.1. The topological polar surface area (TPSA) is 81.1 Å². The van der Waals surface area contributed by atoms with Crippen molar-refractivity contribution in [3.8, 4) is 5.75 Å². The first-order valence-corrected chi connectivity index (χ1v) is 12.8. The van der Waals surface area contributed by atoms with Crippen LogP contribution in [0.15, 0.2) is 47.6 Å². The minimum atomic E-state index is -0.0377. The number of hydrogen-bond acceptors (Lipinski definition) is 6. The molecule has 4 rings (SSSR count). The van der Waals surface area contributed by atoms with Crippen LogP contribution < -0.4 is 15.4 Å². The number of carbonyl (C=O) groups excluding carboxylic acids is 1. The Hall–Kier alpha value is -3.00. The molecule has 2 N–H and O–H groups in total. The molecule has 180 valence electrons. The maximum Gasteiger partial charge on any atom is 0.234 e. The van der Waals surface area contributed by atoms with E-state index in [4.69, 9.17) is 4.74 Å². The third-order valence-corrected chi connectivity index (χ3v) is 6.98. The number of carbonyl (C=O) groups is 1. The molecule has 1 amide bonds. The Morgan fingerprint density at radius 2 is 1.82 bits per heavy atom. The van der Waals surface area contributed by atoms with Gasteiger partial charge in [-0.2, -0.15) is 0 Å². The van der Waals surface area contributed by atoms with Gasteiger partial charge in [-0.15, -0.1) is 10.2 Å². The monoisotopic (exact) mass is 479 g/mol. The molecular weight excluding hydrogens is 446 g/mol. The lowest BCUT2D eigenvalue weighted by atomic mass is 9.95. The summed E-state index contributed by atoms with van der Waals surface area (Å²) in [4.78, 5) is 12.7. The molecule has 0 radical (unpaired) electrons. The van der Waals surface area contributed by atoms with Gasteiger partial charge in [0, 0.05) is 23.5 Å². The van der Waals surface area contributed by atoms with Gasteiger partial charge in [-0.3, -0.25) is 4.79 Å². The molecule has 0 aliphatic heterocycles. The lowest BCUT2D eigenvalue weighted by molar-refractivity contribution is -0.113. The summed E-state index contributed by atoms with van der Waals surface area (Å²) in [7, 11) is 1.67. The largest absolute Gasteiger partial charge is 0.497 e. The van der Waals surface area contributed by atoms with Crippen molar-refractivity contribution >= 4 is 29.0 Å². The molecule has 2 aromatic carbocycles. The smallest absolute Gasteiger partial charge is 0.234 e. The van der Waals surface area contributed by atoms with Crippen LogP contribution in [0.2, 0.25) is 0 Å². The second kappa shape index (κ2) is 11.4. The van der Waals surface area contributed by atoms with Crippen molar-refractivity contribution in [1.82, 2.24) is 14.8 Å². The van der Waals surface area contributed by atoms with Crippen LogP contribution in [0, 0.1) is 13.8 Å². The summed E-state index contributed by atoms with van der Waals surface area (Å²) in [6.07, 6.45) is 5.93. The molecule has 0 unspecified atom stereocenters. The van der Waals surface area contributed by atoms with E-state index in [1.165, 1.54) is 31.0 Å². The standard InChI is InChI=1S/C26H33N5O2S/c1-18-12-19(2)14-21(13-18)28-25(32)17-34-26-30-29-24(31(26)22-9-5-4-6-10-22)16-27-20-8-7-11-23(15-20)33-3/h7-8,11-15,22,27H,4-6,9-10,16-17H2,1-3H3,(H,28,32). The van der Waals surface area contributed by atoms with Crippen LogP contribution in [0.1, 0.15) is 55.1 Å². The quantitative estimate of drug-likeness (QED) is 0.380. The lowest BCUT2D eigenvalue weighted by Gasteiger charge is -2.25. The average Bonchev–Trinajstić information content (AvgIpc) is 3.24. The average molecular weight is 480 g/mol. The summed E-state index contributed by atoms with van der Waals surface area (Å²) < 4.78 is 7.58. The molecule has 8 heteroatoms. The van der Waals surface area contributed by atoms with Crippen LogP contribution >= 0.6 is 11.8 Å². The summed E-state index contributed by atoms with van der Waals surface area (Å²) in [5.41, 5.74) is 4.07. The third kappa shape index (κ3) is 6.32. The number of nitrogens with zero attached hydrogens (tertiary/aromatic N) is 3. The Balaban J connectivity index is 1.45. The van der Waals surface area contributed by atoms with Gasteiger partial charge in [0.15, 0.2) is 11.0 Å². The van der Waals surface area contributed by atoms with Crippen molar-refractivity contribution in [2.75, 3.05) is 23.5 Å². The van der Waals surface area contributed by atoms with Gasteiger partial charge in [-0.1, -0.05) is 43.2 Å². The molecule has 3 aromatic rings. The van der Waals surface area contributed by atoms with E-state index in [2.05, 4.69) is 31.5 Å². The molecule has 0 saturated heterocycles. The van der Waals surface area contributed by atoms with E-state index in [1.807, 2.05) is 50.2 Å². The van der Waals surface area contributed by atoms with Crippen LogP contribution in [-0.4, -0.2) is 33.5 Å². The number of thioether (sulfide) groups is 1. The van der Waals surface area contributed by atoms with Crippen molar-refractivity contribution in [1.29, 1.82) is 0 Å². The number of methoxy groups -OCH3 is 1. The van der Waals surface area contributed by atoms with Crippen molar-refractivity contribution < 1.29 is 9.53 Å². The van der Waals surface area contributed by atoms with E-state index in [0.29, 0.717) is 18.3 Å². The lowest BCUT2D eigenvalue weighted by Crippen LogP contribution is -2.19. The minimum Gasteiger partial charge on any atom is -0.497 e. The number of rotatable bonds is 9. The number of anilines is 2. The molecule has 0 spiro atoms. The first-order chi connectivity index (χ1) is 16.5. The number of nitrogens with one attached hydrogen (secondary N) is 2. The zero-order valence-corrected chi connectivity index (χ0v) is 21.0. The van der Waals surface area contributed by atoms with Crippen LogP contribution in [0.5, 0.6) is 5.75 Å². The Kier molecular flexibility index (Phi) is 8.11. The van der Waals surface area contributed by atoms with E-state index >= 15 is 0 Å². The molecule has 1 aliphatic carbocycles. The molecule has 1 aromatic heterocycles. The Morgan fingerprint density at radius 1 is 1.06 bits per heavy atom. The van der Waals surface area contributed by atoms with E-state index in [9.17, 15) is 4.79 Å². The second-order valence-corrected chi connectivity index (χ2v) is 9.80. The first kappa shape index (κ1) is 24.1. The predicted octanol–water partition coefficient (Wildman–Crippen LogP) is 5.75. The molecule has 1 fully saturated rings. The van der Waals surface area contributed by atoms with Gasteiger partial charge in [0.05, 0.1) is 19.4 Å². The number of hydrogen-bond donors (Lipinski definition) is 2. The van der Waals surface area contributed by atoms with Crippen molar-refractivity contribution in [2.45, 2.75) is 63.7 Å². The number of benzene rings is 2. The number of ether oxygens (including phenoxy) is 1. The third-order valence-electron chi connectivity index (χ3n) is 6.03. The SMILES string of the molecule is COc1cccc(NCc2nnc(SCC(=O)Nc3cc(C)cc(C)c3)n2C2CCCCC2)c1. The molecular formula is C26H33N5O2S. The summed E-state index contributed by atoms with van der Waals surface area (Å²) in [6, 6.07) is 14.3. The van der Waals surface area contributed by atoms with Crippen molar-refractivity contribution in [3.63, 3.8) is 0 Å². The van der Waals surface area contributed by atoms with Crippen LogP contribution in [0.4, 0.5) is 11.4 Å². The van der Waals surface area contributed by atoms with Gasteiger partial charge < -0.3 is 19.9 Å². The fraction of sp³-hybridized carbons (Fsp3) is 0.423. The van der Waals surface area contributed by atoms with E-state index in [-0.39, 0.29) is 5.91 Å². The first-order valence-electron chi connectivity index (χ1n) is 11.8. The molecule has 0 bridgehead atoms. The second-order valence-electron chi connectivity index (χ2n) is 8.86. The highest BCUT2D eigenvalue weighted by atomic mass is 32.2. The summed E-state index contributed by atoms with van der Waals surface area (Å²) in [5.74, 6) is 1.96. The minimum absolute atomic E-state index is 0.0377. The predicted molar refractivity (Wildman–Crippen MR) is 138 cm³/mol. The maximum atomic E-state index is 12.7. The van der Waals surface area contributed by atoms with Gasteiger partial charge in [0.1, 0.15) is 5.75 Å². The highest BCUT2D eigenvalue weighted by Gasteiger charge is 2.23. The summed E-state index contributed by atoms with van der Waals surface area (Å²) in [5, 5.41) is 16.2. The zero-order chi connectivity index (χ0) is 23.9. The van der Waals surface area contributed by atoms with Crippen LogP contribution in [0.25, 0.3) is 0 Å². The van der Waals surface area contributed by atoms with Gasteiger partial charge in [-0.25, -0.2) is 0 Å². The van der Waals surface area contributed by atoms with Crippen LogP contribution in [-0.2, 0) is 11.3 Å². The molecule has 1 saturated carbocycles. The van der Waals surface area contributed by atoms with Gasteiger partial charge in [-0.05, 0) is 62.1 Å². The molecule has 1 heterocycles. The summed E-state index contributed by atoms with van der Waals surface area (Å²) in [6.45, 7) is 4.63. The Bertz CT molecular complexity index is 1100. The number of aryl methyl sites for hydroxylation is 2. The van der Waals surface area contributed by atoms with Gasteiger partial charge >= 0.3 is 0 Å². The highest BCUT2D eigenvalue weighted by Crippen LogP contribution is 2.33. The van der Waals surface area contributed by atoms with E-state index < -0.39 is 0 Å². The molecule has 34 heavy (non-hydrogen) atoms. The van der Waals surface area contributed by atoms with E-state index in [0.717, 1.165) is 52.1 Å². The van der Waals surface area contributed by atoms with Crippen molar-refractivity contribution in [2.24, 2.45) is 0 Å². The molecule has 1 aliphatic rings. The molecule has 0 atom stereocenters. The molecule has 7 nitrogen and oxygen atoms in total. The summed E-state index contributed by atoms with van der Waals surface area (Å²) >= 11 is 1.45. The Labute approximate surface area is 205 Å². The number of amides is 1. The fourth-order valence-corrected chi connectivity index (χ4v) is 5.34. The fourth-order valence-electron chi connectivity index (χ4n) is 4.52. The normalized spacial score (nSPS) is 14.1. The van der Waals surface area contributed by atoms with Gasteiger partial charge in [0.2, 0.25) is 5.91 Å². The van der Waals surface area contributed by atoms with Gasteiger partial charge in [0.25, 0.3) is 0 Å². The Morgan fingerprint density at radius 3 is 2.56 bits per heavy atom. The highest BCUT2D eigenvalue weighted by molar-refractivity contribution is 7.99. The van der Waals surface area contributed by atoms with E-state index in [1.54, 1.807) is 7.11 Å². The number of aromatic nitrogens is 3.